The van der Waals surface area contributed by atoms with E-state index in [-0.39, 0.29) is 31.7 Å². The van der Waals surface area contributed by atoms with Gasteiger partial charge in [0.25, 0.3) is 0 Å². The van der Waals surface area contributed by atoms with Crippen molar-refractivity contribution >= 4 is 17.7 Å². The van der Waals surface area contributed by atoms with Crippen LogP contribution in [-0.4, -0.2) is 35.4 Å². The van der Waals surface area contributed by atoms with Gasteiger partial charge in [-0.15, -0.1) is 0 Å². The Morgan fingerprint density at radius 1 is 0.895 bits per heavy atom. The summed E-state index contributed by atoms with van der Waals surface area (Å²) in [4.78, 5) is 36.9. The molecule has 3 amide bonds. The lowest BCUT2D eigenvalue weighted by Crippen LogP contribution is -2.48. The van der Waals surface area contributed by atoms with Crippen LogP contribution in [0.5, 0.6) is 5.75 Å². The number of aliphatic hydroxyl groups excluding tert-OH is 1. The van der Waals surface area contributed by atoms with Crippen molar-refractivity contribution in [2.24, 2.45) is 11.7 Å². The quantitative estimate of drug-likeness (QED) is 0.261. The second kappa shape index (κ2) is 14.5. The van der Waals surface area contributed by atoms with Gasteiger partial charge < -0.3 is 26.2 Å². The third-order valence-corrected chi connectivity index (χ3v) is 6.21. The Kier molecular flexibility index (Phi) is 10.9. The van der Waals surface area contributed by atoms with E-state index in [1.54, 1.807) is 19.1 Å². The summed E-state index contributed by atoms with van der Waals surface area (Å²) in [7, 11) is 0. The Hall–Kier alpha value is -4.17. The van der Waals surface area contributed by atoms with Crippen molar-refractivity contribution in [3.8, 4) is 5.75 Å². The number of primary amides is 1. The van der Waals surface area contributed by atoms with Crippen LogP contribution in [0.4, 0.5) is 0 Å². The van der Waals surface area contributed by atoms with Crippen LogP contribution in [-0.2, 0) is 27.4 Å². The van der Waals surface area contributed by atoms with Crippen molar-refractivity contribution in [2.75, 3.05) is 6.54 Å². The number of aliphatic hydroxyl groups is 1. The third-order valence-electron chi connectivity index (χ3n) is 6.21. The van der Waals surface area contributed by atoms with Gasteiger partial charge in [0.2, 0.25) is 17.7 Å². The number of nitrogens with two attached hydrogens (primary N) is 1. The molecule has 0 fully saturated rings. The molecule has 3 atom stereocenters. The van der Waals surface area contributed by atoms with E-state index in [0.717, 1.165) is 11.1 Å². The SMILES string of the molecule is CC(CCC(=O)NC(Cc1ccc(OCc2ccccc2)cc1)C(=O)NCC(O)c1ccccc1)C(N)=O. The number of carbonyl (C=O) groups is 3. The molecule has 0 aliphatic carbocycles. The second-order valence-electron chi connectivity index (χ2n) is 9.26. The van der Waals surface area contributed by atoms with Gasteiger partial charge in [0, 0.05) is 25.3 Å². The minimum Gasteiger partial charge on any atom is -0.489 e. The molecule has 0 aromatic heterocycles. The highest BCUT2D eigenvalue weighted by molar-refractivity contribution is 5.88. The first kappa shape index (κ1) is 28.4. The first-order chi connectivity index (χ1) is 18.3. The highest BCUT2D eigenvalue weighted by Crippen LogP contribution is 2.16. The summed E-state index contributed by atoms with van der Waals surface area (Å²) in [6, 6.07) is 25.3. The second-order valence-corrected chi connectivity index (χ2v) is 9.26. The average Bonchev–Trinajstić information content (AvgIpc) is 2.94. The summed E-state index contributed by atoms with van der Waals surface area (Å²) in [6.45, 7) is 2.10. The van der Waals surface area contributed by atoms with Crippen molar-refractivity contribution in [3.05, 3.63) is 102 Å². The molecule has 3 rings (SSSR count). The van der Waals surface area contributed by atoms with E-state index in [2.05, 4.69) is 10.6 Å². The number of rotatable bonds is 14. The van der Waals surface area contributed by atoms with Crippen LogP contribution in [0.1, 0.15) is 42.6 Å². The van der Waals surface area contributed by atoms with Crippen molar-refractivity contribution in [3.63, 3.8) is 0 Å². The van der Waals surface area contributed by atoms with Crippen LogP contribution in [0, 0.1) is 5.92 Å². The fourth-order valence-corrected chi connectivity index (χ4v) is 3.78. The number of amides is 3. The fourth-order valence-electron chi connectivity index (χ4n) is 3.78. The Labute approximate surface area is 223 Å². The van der Waals surface area contributed by atoms with Gasteiger partial charge in [-0.25, -0.2) is 0 Å². The Morgan fingerprint density at radius 2 is 1.53 bits per heavy atom. The van der Waals surface area contributed by atoms with E-state index in [1.165, 1.54) is 0 Å². The standard InChI is InChI=1S/C30H35N3O5/c1-21(29(31)36)12-17-28(35)33-26(30(37)32-19-27(34)24-10-6-3-7-11-24)18-22-13-15-25(16-14-22)38-20-23-8-4-2-5-9-23/h2-11,13-16,21,26-27,34H,12,17-20H2,1H3,(H2,31,36)(H,32,37)(H,33,35). The van der Waals surface area contributed by atoms with Gasteiger partial charge in [0.05, 0.1) is 6.10 Å². The molecular weight excluding hydrogens is 482 g/mol. The highest BCUT2D eigenvalue weighted by atomic mass is 16.5. The minimum absolute atomic E-state index is 0.000189. The average molecular weight is 518 g/mol. The van der Waals surface area contributed by atoms with Crippen LogP contribution >= 0.6 is 0 Å². The van der Waals surface area contributed by atoms with E-state index in [1.807, 2.05) is 72.8 Å². The van der Waals surface area contributed by atoms with Gasteiger partial charge in [-0.3, -0.25) is 14.4 Å². The molecule has 0 spiro atoms. The number of hydrogen-bond donors (Lipinski definition) is 4. The normalized spacial score (nSPS) is 13.1. The molecule has 0 bridgehead atoms. The molecule has 3 aromatic rings. The first-order valence-corrected chi connectivity index (χ1v) is 12.7. The highest BCUT2D eigenvalue weighted by Gasteiger charge is 2.23. The molecule has 0 aliphatic heterocycles. The van der Waals surface area contributed by atoms with Crippen LogP contribution in [0.25, 0.3) is 0 Å². The van der Waals surface area contributed by atoms with Gasteiger partial charge in [-0.2, -0.15) is 0 Å². The predicted molar refractivity (Wildman–Crippen MR) is 145 cm³/mol. The van der Waals surface area contributed by atoms with E-state index in [0.29, 0.717) is 17.9 Å². The number of benzene rings is 3. The van der Waals surface area contributed by atoms with Crippen LogP contribution in [0.2, 0.25) is 0 Å². The van der Waals surface area contributed by atoms with Crippen LogP contribution in [0.15, 0.2) is 84.9 Å². The third kappa shape index (κ3) is 9.37. The molecule has 3 unspecified atom stereocenters. The number of ether oxygens (including phenoxy) is 1. The maximum atomic E-state index is 13.1. The number of carbonyl (C=O) groups excluding carboxylic acids is 3. The zero-order valence-corrected chi connectivity index (χ0v) is 21.5. The van der Waals surface area contributed by atoms with Gasteiger partial charge >= 0.3 is 0 Å². The van der Waals surface area contributed by atoms with Gasteiger partial charge in [-0.1, -0.05) is 79.7 Å². The zero-order chi connectivity index (χ0) is 27.3. The van der Waals surface area contributed by atoms with Crippen molar-refractivity contribution in [1.29, 1.82) is 0 Å². The molecule has 5 N–H and O–H groups in total. The maximum absolute atomic E-state index is 13.1. The summed E-state index contributed by atoms with van der Waals surface area (Å²) in [5, 5.41) is 15.9. The zero-order valence-electron chi connectivity index (χ0n) is 21.5. The van der Waals surface area contributed by atoms with Crippen LogP contribution in [0.3, 0.4) is 0 Å². The van der Waals surface area contributed by atoms with Gasteiger partial charge in [0.1, 0.15) is 18.4 Å². The molecule has 0 saturated carbocycles. The monoisotopic (exact) mass is 517 g/mol. The van der Waals surface area contributed by atoms with Crippen molar-refractivity contribution in [1.82, 2.24) is 10.6 Å². The fraction of sp³-hybridized carbons (Fsp3) is 0.300. The van der Waals surface area contributed by atoms with Crippen molar-refractivity contribution < 1.29 is 24.2 Å². The lowest BCUT2D eigenvalue weighted by Gasteiger charge is -2.20. The molecular formula is C30H35N3O5. The summed E-state index contributed by atoms with van der Waals surface area (Å²) in [5.74, 6) is -1.01. The molecule has 0 saturated heterocycles. The lowest BCUT2D eigenvalue weighted by atomic mass is 10.0. The molecule has 38 heavy (non-hydrogen) atoms. The number of nitrogens with one attached hydrogen (secondary N) is 2. The van der Waals surface area contributed by atoms with E-state index in [9.17, 15) is 19.5 Å². The largest absolute Gasteiger partial charge is 0.489 e. The Bertz CT molecular complexity index is 1170. The summed E-state index contributed by atoms with van der Waals surface area (Å²) in [6.07, 6.45) is -0.291. The summed E-state index contributed by atoms with van der Waals surface area (Å²) >= 11 is 0. The lowest BCUT2D eigenvalue weighted by molar-refractivity contribution is -0.129. The molecule has 3 aromatic carbocycles. The molecule has 0 aliphatic rings. The van der Waals surface area contributed by atoms with Crippen LogP contribution < -0.4 is 21.1 Å². The smallest absolute Gasteiger partial charge is 0.243 e. The molecule has 8 nitrogen and oxygen atoms in total. The van der Waals surface area contributed by atoms with Gasteiger partial charge in [-0.05, 0) is 35.2 Å². The van der Waals surface area contributed by atoms with E-state index >= 15 is 0 Å². The Morgan fingerprint density at radius 3 is 2.16 bits per heavy atom. The topological polar surface area (TPSA) is 131 Å². The van der Waals surface area contributed by atoms with E-state index in [4.69, 9.17) is 10.5 Å². The summed E-state index contributed by atoms with van der Waals surface area (Å²) < 4.78 is 5.83. The first-order valence-electron chi connectivity index (χ1n) is 12.7. The maximum Gasteiger partial charge on any atom is 0.243 e. The molecule has 200 valence electrons. The predicted octanol–water partition coefficient (Wildman–Crippen LogP) is 3.04. The summed E-state index contributed by atoms with van der Waals surface area (Å²) in [5.41, 5.74) is 7.85. The van der Waals surface area contributed by atoms with Crippen molar-refractivity contribution in [2.45, 2.75) is 44.9 Å². The van der Waals surface area contributed by atoms with E-state index < -0.39 is 29.9 Å². The number of hydrogen-bond acceptors (Lipinski definition) is 5. The van der Waals surface area contributed by atoms with Gasteiger partial charge in [0.15, 0.2) is 0 Å². The molecule has 0 radical (unpaired) electrons. The molecule has 0 heterocycles. The Balaban J connectivity index is 1.62. The minimum atomic E-state index is -0.881. The molecule has 8 heteroatoms.